The number of unbranched alkanes of at least 4 members (excludes halogenated alkanes) is 14. The summed E-state index contributed by atoms with van der Waals surface area (Å²) in [5.41, 5.74) is 3.70. The number of para-hydroxylation sites is 1. The Hall–Kier alpha value is -2.95. The zero-order valence-corrected chi connectivity index (χ0v) is 25.1. The predicted molar refractivity (Wildman–Crippen MR) is 167 cm³/mol. The number of nitrogens with zero attached hydrogens (tertiary/aromatic N) is 2. The van der Waals surface area contributed by atoms with Crippen molar-refractivity contribution >= 4 is 11.5 Å². The first kappa shape index (κ1) is 31.6. The molecule has 0 amide bonds. The zero-order chi connectivity index (χ0) is 28.8. The van der Waals surface area contributed by atoms with Gasteiger partial charge < -0.3 is 4.90 Å². The first-order chi connectivity index (χ1) is 19.4. The van der Waals surface area contributed by atoms with Crippen LogP contribution in [0.1, 0.15) is 123 Å². The Kier molecular flexibility index (Phi) is 12.9. The number of fused-ring (bicyclic) bond motifs is 1. The molecule has 1 heterocycles. The van der Waals surface area contributed by atoms with Crippen molar-refractivity contribution in [2.75, 3.05) is 11.4 Å². The summed E-state index contributed by atoms with van der Waals surface area (Å²) in [5.74, 6) is -0.204. The maximum absolute atomic E-state index is 12.4. The molecule has 5 nitrogen and oxygen atoms in total. The number of carbonyl (C=O) groups excluding carboxylic acids is 1. The van der Waals surface area contributed by atoms with Gasteiger partial charge in [-0.15, -0.1) is 0 Å². The molecular weight excluding hydrogens is 496 g/mol. The Balaban J connectivity index is 1.47. The summed E-state index contributed by atoms with van der Waals surface area (Å²) < 4.78 is 0. The Morgan fingerprint density at radius 2 is 1.35 bits per heavy atom. The molecule has 0 unspecified atom stereocenters. The number of ketones is 1. The molecule has 1 aromatic carbocycles. The van der Waals surface area contributed by atoms with Gasteiger partial charge in [0.15, 0.2) is 5.78 Å². The van der Waals surface area contributed by atoms with Crippen LogP contribution >= 0.6 is 0 Å². The standard InChI is InChI=1S/C35H50N2O3/c1-4-5-6-7-8-9-10-11-12-13-14-15-16-17-20-27-36-32-22-19-18-21-31(32)35(2,3)34(36)26-23-29-28-30(37(39)40)24-25-33(29)38/h18-19,21-26,28H,4-17,20,27H2,1-3H3/b29-23-,34-26-. The van der Waals surface area contributed by atoms with Crippen LogP contribution in [0.2, 0.25) is 0 Å². The molecule has 5 heteroatoms. The SMILES string of the molecule is CCCCCCCCCCCCCCCCCN1/C(=C\C=C2\C=C([N+](=O)[O-])C=CC2=O)C(C)(C)c2ccccc21. The van der Waals surface area contributed by atoms with Crippen molar-refractivity contribution in [3.05, 3.63) is 87.3 Å². The van der Waals surface area contributed by atoms with Crippen molar-refractivity contribution in [1.82, 2.24) is 0 Å². The number of carbonyl (C=O) groups is 1. The average Bonchev–Trinajstić information content (AvgIpc) is 3.15. The minimum atomic E-state index is -0.456. The van der Waals surface area contributed by atoms with Crippen molar-refractivity contribution in [1.29, 1.82) is 0 Å². The van der Waals surface area contributed by atoms with Crippen LogP contribution in [0.4, 0.5) is 5.69 Å². The van der Waals surface area contributed by atoms with Crippen LogP contribution in [-0.2, 0) is 10.2 Å². The quantitative estimate of drug-likeness (QED) is 0.0795. The molecular formula is C35H50N2O3. The van der Waals surface area contributed by atoms with E-state index in [1.54, 1.807) is 6.08 Å². The first-order valence-corrected chi connectivity index (χ1v) is 15.7. The van der Waals surface area contributed by atoms with Crippen LogP contribution in [0.15, 0.2) is 71.6 Å². The van der Waals surface area contributed by atoms with E-state index < -0.39 is 4.92 Å². The molecule has 218 valence electrons. The fourth-order valence-corrected chi connectivity index (χ4v) is 5.97. The van der Waals surface area contributed by atoms with Crippen LogP contribution in [0.25, 0.3) is 0 Å². The van der Waals surface area contributed by atoms with E-state index in [-0.39, 0.29) is 16.9 Å². The lowest BCUT2D eigenvalue weighted by atomic mass is 9.83. The number of anilines is 1. The van der Waals surface area contributed by atoms with Crippen molar-refractivity contribution in [3.8, 4) is 0 Å². The third-order valence-corrected chi connectivity index (χ3v) is 8.41. The minimum Gasteiger partial charge on any atom is -0.344 e. The molecule has 1 aliphatic carbocycles. The van der Waals surface area contributed by atoms with Crippen molar-refractivity contribution in [3.63, 3.8) is 0 Å². The fraction of sp³-hybridized carbons (Fsp3) is 0.571. The van der Waals surface area contributed by atoms with Crippen molar-refractivity contribution < 1.29 is 9.72 Å². The van der Waals surface area contributed by atoms with Gasteiger partial charge in [-0.1, -0.05) is 129 Å². The normalized spacial score (nSPS) is 18.0. The van der Waals surface area contributed by atoms with Crippen LogP contribution in [0, 0.1) is 10.1 Å². The molecule has 0 saturated heterocycles. The highest BCUT2D eigenvalue weighted by Crippen LogP contribution is 2.47. The smallest absolute Gasteiger partial charge is 0.270 e. The lowest BCUT2D eigenvalue weighted by molar-refractivity contribution is -0.419. The van der Waals surface area contributed by atoms with E-state index in [2.05, 4.69) is 49.9 Å². The fourth-order valence-electron chi connectivity index (χ4n) is 5.97. The minimum absolute atomic E-state index is 0.0621. The molecule has 1 aliphatic heterocycles. The summed E-state index contributed by atoms with van der Waals surface area (Å²) in [4.78, 5) is 25.5. The second-order valence-corrected chi connectivity index (χ2v) is 11.9. The number of hydrogen-bond donors (Lipinski definition) is 0. The molecule has 3 rings (SSSR count). The lowest BCUT2D eigenvalue weighted by Gasteiger charge is -2.27. The van der Waals surface area contributed by atoms with Gasteiger partial charge in [0.1, 0.15) is 0 Å². The molecule has 1 aromatic rings. The number of allylic oxidation sites excluding steroid dienone is 7. The Morgan fingerprint density at radius 1 is 0.800 bits per heavy atom. The summed E-state index contributed by atoms with van der Waals surface area (Å²) in [6.45, 7) is 7.63. The van der Waals surface area contributed by atoms with Crippen molar-refractivity contribution in [2.24, 2.45) is 0 Å². The van der Waals surface area contributed by atoms with E-state index >= 15 is 0 Å². The van der Waals surface area contributed by atoms with E-state index in [1.165, 1.54) is 119 Å². The van der Waals surface area contributed by atoms with Gasteiger partial charge in [0.25, 0.3) is 5.70 Å². The van der Waals surface area contributed by atoms with Gasteiger partial charge in [-0.05, 0) is 36.3 Å². The highest BCUT2D eigenvalue weighted by atomic mass is 16.6. The molecule has 0 N–H and O–H groups in total. The van der Waals surface area contributed by atoms with E-state index in [1.807, 2.05) is 6.08 Å². The Morgan fingerprint density at radius 3 is 1.93 bits per heavy atom. The van der Waals surface area contributed by atoms with Gasteiger partial charge in [-0.25, -0.2) is 0 Å². The summed E-state index contributed by atoms with van der Waals surface area (Å²) >= 11 is 0. The monoisotopic (exact) mass is 546 g/mol. The number of hydrogen-bond acceptors (Lipinski definition) is 4. The molecule has 0 fully saturated rings. The lowest BCUT2D eigenvalue weighted by Crippen LogP contribution is -2.27. The summed E-state index contributed by atoms with van der Waals surface area (Å²) in [6.07, 6.45) is 27.9. The Bertz CT molecular complexity index is 1110. The largest absolute Gasteiger partial charge is 0.344 e. The second-order valence-electron chi connectivity index (χ2n) is 11.9. The third kappa shape index (κ3) is 9.04. The highest BCUT2D eigenvalue weighted by molar-refractivity contribution is 6.07. The summed E-state index contributed by atoms with van der Waals surface area (Å²) in [5, 5.41) is 11.2. The molecule has 40 heavy (non-hydrogen) atoms. The molecule has 0 spiro atoms. The van der Waals surface area contributed by atoms with E-state index in [9.17, 15) is 14.9 Å². The topological polar surface area (TPSA) is 63.4 Å². The summed E-state index contributed by atoms with van der Waals surface area (Å²) in [6, 6.07) is 8.52. The van der Waals surface area contributed by atoms with E-state index in [0.717, 1.165) is 18.7 Å². The van der Waals surface area contributed by atoms with E-state index in [4.69, 9.17) is 0 Å². The maximum atomic E-state index is 12.4. The van der Waals surface area contributed by atoms with Crippen LogP contribution in [0.3, 0.4) is 0 Å². The molecule has 0 radical (unpaired) electrons. The number of rotatable bonds is 18. The number of nitro groups is 1. The van der Waals surface area contributed by atoms with Crippen LogP contribution in [-0.4, -0.2) is 17.3 Å². The van der Waals surface area contributed by atoms with Crippen LogP contribution < -0.4 is 4.90 Å². The second kappa shape index (κ2) is 16.3. The summed E-state index contributed by atoms with van der Waals surface area (Å²) in [7, 11) is 0. The Labute approximate surface area is 242 Å². The van der Waals surface area contributed by atoms with Crippen LogP contribution in [0.5, 0.6) is 0 Å². The molecule has 0 aromatic heterocycles. The zero-order valence-electron chi connectivity index (χ0n) is 25.1. The van der Waals surface area contributed by atoms with Gasteiger partial charge in [0, 0.05) is 41.1 Å². The van der Waals surface area contributed by atoms with Gasteiger partial charge in [-0.3, -0.25) is 14.9 Å². The molecule has 2 aliphatic rings. The van der Waals surface area contributed by atoms with Crippen molar-refractivity contribution in [2.45, 2.75) is 122 Å². The van der Waals surface area contributed by atoms with Gasteiger partial charge in [0.05, 0.1) is 4.92 Å². The highest BCUT2D eigenvalue weighted by Gasteiger charge is 2.39. The van der Waals surface area contributed by atoms with E-state index in [0.29, 0.717) is 5.57 Å². The van der Waals surface area contributed by atoms with Gasteiger partial charge in [-0.2, -0.15) is 0 Å². The molecule has 0 atom stereocenters. The average molecular weight is 547 g/mol. The third-order valence-electron chi connectivity index (χ3n) is 8.41. The van der Waals surface area contributed by atoms with Gasteiger partial charge >= 0.3 is 0 Å². The maximum Gasteiger partial charge on any atom is 0.270 e. The van der Waals surface area contributed by atoms with Gasteiger partial charge in [0.2, 0.25) is 0 Å². The molecule has 0 bridgehead atoms. The number of benzene rings is 1. The first-order valence-electron chi connectivity index (χ1n) is 15.7. The predicted octanol–water partition coefficient (Wildman–Crippen LogP) is 9.77. The molecule has 0 saturated carbocycles.